The van der Waals surface area contributed by atoms with Gasteiger partial charge in [0.2, 0.25) is 0 Å². The van der Waals surface area contributed by atoms with Crippen molar-refractivity contribution in [2.45, 2.75) is 62.6 Å². The van der Waals surface area contributed by atoms with Crippen LogP contribution in [-0.2, 0) is 15.5 Å². The lowest BCUT2D eigenvalue weighted by molar-refractivity contribution is 0.00396. The van der Waals surface area contributed by atoms with Crippen LogP contribution in [0.4, 0.5) is 8.78 Å². The second-order valence-corrected chi connectivity index (χ2v) is 9.14. The number of benzene rings is 1. The smallest absolute Gasteiger partial charge is 0.126 e. The van der Waals surface area contributed by atoms with E-state index in [9.17, 15) is 13.0 Å². The summed E-state index contributed by atoms with van der Waals surface area (Å²) in [6.07, 6.45) is 7.41. The van der Waals surface area contributed by atoms with Crippen molar-refractivity contribution in [2.75, 3.05) is 25.3 Å². The Hall–Kier alpha value is -0.890. The summed E-state index contributed by atoms with van der Waals surface area (Å²) in [6, 6.07) is 4.23. The van der Waals surface area contributed by atoms with Crippen LogP contribution in [0.1, 0.15) is 50.0 Å². The number of ether oxygens (including phenoxy) is 1. The highest BCUT2D eigenvalue weighted by molar-refractivity contribution is 7.84. The standard InChI is InChI=1S/C20H30F2N2O2S/c1-27(25)13-24-19-3-2-10-23-20(19)12-26-16-7-4-14(5-8-16)17-11-15(21)6-9-18(17)22/h6,9,11,14,16,19-20,23-24H,2-5,7-8,10,12-13H2,1H3/t14?,16?,19?,20-,27?/m0/s1. The maximum absolute atomic E-state index is 14.0. The van der Waals surface area contributed by atoms with E-state index in [1.54, 1.807) is 6.26 Å². The van der Waals surface area contributed by atoms with Crippen LogP contribution in [0.25, 0.3) is 0 Å². The van der Waals surface area contributed by atoms with Crippen LogP contribution in [0.2, 0.25) is 0 Å². The molecular weight excluding hydrogens is 370 g/mol. The summed E-state index contributed by atoms with van der Waals surface area (Å²) >= 11 is 0. The third kappa shape index (κ3) is 6.04. The van der Waals surface area contributed by atoms with Gasteiger partial charge in [-0.15, -0.1) is 0 Å². The van der Waals surface area contributed by atoms with Crippen LogP contribution < -0.4 is 10.6 Å². The van der Waals surface area contributed by atoms with Crippen LogP contribution >= 0.6 is 0 Å². The first-order chi connectivity index (χ1) is 13.0. The Morgan fingerprint density at radius 2 is 2.00 bits per heavy atom. The maximum atomic E-state index is 14.0. The summed E-state index contributed by atoms with van der Waals surface area (Å²) in [6.45, 7) is 1.60. The minimum atomic E-state index is -0.853. The van der Waals surface area contributed by atoms with E-state index in [1.165, 1.54) is 18.2 Å². The summed E-state index contributed by atoms with van der Waals surface area (Å²) in [5.74, 6) is -0.107. The molecule has 1 saturated carbocycles. The van der Waals surface area contributed by atoms with Gasteiger partial charge in [0.25, 0.3) is 0 Å². The van der Waals surface area contributed by atoms with Gasteiger partial charge in [-0.2, -0.15) is 0 Å². The first-order valence-electron chi connectivity index (χ1n) is 9.86. The Labute approximate surface area is 162 Å². The van der Waals surface area contributed by atoms with Gasteiger partial charge in [0.15, 0.2) is 0 Å². The molecular formula is C20H30F2N2O2S. The average molecular weight is 401 g/mol. The molecule has 1 aromatic carbocycles. The number of rotatable bonds is 7. The fourth-order valence-electron chi connectivity index (χ4n) is 4.20. The molecule has 2 unspecified atom stereocenters. The molecule has 3 atom stereocenters. The SMILES string of the molecule is CS(=O)CNC1CCCN[C@H]1COC1CCC(c2cc(F)ccc2F)CC1. The topological polar surface area (TPSA) is 50.4 Å². The van der Waals surface area contributed by atoms with E-state index in [0.29, 0.717) is 18.0 Å². The van der Waals surface area contributed by atoms with Gasteiger partial charge >= 0.3 is 0 Å². The lowest BCUT2D eigenvalue weighted by Gasteiger charge is -2.35. The van der Waals surface area contributed by atoms with Gasteiger partial charge < -0.3 is 15.4 Å². The van der Waals surface area contributed by atoms with E-state index >= 15 is 0 Å². The summed E-state index contributed by atoms with van der Waals surface area (Å²) in [4.78, 5) is 0. The van der Waals surface area contributed by atoms with Crippen molar-refractivity contribution in [3.63, 3.8) is 0 Å². The van der Waals surface area contributed by atoms with Gasteiger partial charge in [-0.3, -0.25) is 4.21 Å². The number of nitrogens with one attached hydrogen (secondary N) is 2. The third-order valence-corrected chi connectivity index (χ3v) is 6.29. The highest BCUT2D eigenvalue weighted by atomic mass is 32.2. The van der Waals surface area contributed by atoms with Crippen molar-refractivity contribution in [2.24, 2.45) is 0 Å². The second kappa shape index (κ2) is 10.0. The average Bonchev–Trinajstić information content (AvgIpc) is 2.67. The van der Waals surface area contributed by atoms with Gasteiger partial charge in [-0.05, 0) is 74.8 Å². The first kappa shape index (κ1) is 20.8. The normalized spacial score (nSPS) is 30.2. The van der Waals surface area contributed by atoms with Crippen molar-refractivity contribution >= 4 is 10.8 Å². The largest absolute Gasteiger partial charge is 0.377 e. The van der Waals surface area contributed by atoms with Crippen molar-refractivity contribution in [3.8, 4) is 0 Å². The molecule has 2 N–H and O–H groups in total. The first-order valence-corrected chi connectivity index (χ1v) is 11.6. The molecule has 0 amide bonds. The monoisotopic (exact) mass is 400 g/mol. The molecule has 1 aromatic rings. The Morgan fingerprint density at radius 3 is 2.74 bits per heavy atom. The Bertz CT molecular complexity index is 638. The van der Waals surface area contributed by atoms with Crippen LogP contribution in [0, 0.1) is 11.6 Å². The lowest BCUT2D eigenvalue weighted by atomic mass is 9.82. The molecule has 152 valence electrons. The van der Waals surface area contributed by atoms with E-state index in [2.05, 4.69) is 10.6 Å². The second-order valence-electron chi connectivity index (χ2n) is 7.70. The number of hydrogen-bond acceptors (Lipinski definition) is 4. The van der Waals surface area contributed by atoms with E-state index < -0.39 is 10.8 Å². The number of halogens is 2. The Balaban J connectivity index is 1.46. The molecule has 0 aromatic heterocycles. The molecule has 1 aliphatic heterocycles. The van der Waals surface area contributed by atoms with E-state index in [-0.39, 0.29) is 35.7 Å². The van der Waals surface area contributed by atoms with Crippen molar-refractivity contribution in [1.29, 1.82) is 0 Å². The zero-order chi connectivity index (χ0) is 19.2. The van der Waals surface area contributed by atoms with Crippen molar-refractivity contribution in [3.05, 3.63) is 35.4 Å². The molecule has 0 radical (unpaired) electrons. The number of hydrogen-bond donors (Lipinski definition) is 2. The van der Waals surface area contributed by atoms with Crippen molar-refractivity contribution < 1.29 is 17.7 Å². The quantitative estimate of drug-likeness (QED) is 0.739. The van der Waals surface area contributed by atoms with E-state index in [0.717, 1.165) is 45.1 Å². The highest BCUT2D eigenvalue weighted by Crippen LogP contribution is 2.35. The fourth-order valence-corrected chi connectivity index (χ4v) is 4.65. The molecule has 1 saturated heterocycles. The predicted octanol–water partition coefficient (Wildman–Crippen LogP) is 3.05. The highest BCUT2D eigenvalue weighted by Gasteiger charge is 2.28. The van der Waals surface area contributed by atoms with Crippen LogP contribution in [0.5, 0.6) is 0 Å². The Morgan fingerprint density at radius 1 is 1.22 bits per heavy atom. The maximum Gasteiger partial charge on any atom is 0.126 e. The molecule has 2 aliphatic rings. The van der Waals surface area contributed by atoms with Gasteiger partial charge in [0, 0.05) is 29.1 Å². The van der Waals surface area contributed by atoms with Crippen LogP contribution in [0.15, 0.2) is 18.2 Å². The molecule has 3 rings (SSSR count). The molecule has 2 fully saturated rings. The minimum Gasteiger partial charge on any atom is -0.377 e. The molecule has 0 spiro atoms. The summed E-state index contributed by atoms with van der Waals surface area (Å²) in [7, 11) is -0.853. The summed E-state index contributed by atoms with van der Waals surface area (Å²) < 4.78 is 44.9. The predicted molar refractivity (Wildman–Crippen MR) is 104 cm³/mol. The van der Waals surface area contributed by atoms with Gasteiger partial charge in [0.1, 0.15) is 11.6 Å². The van der Waals surface area contributed by atoms with Gasteiger partial charge in [0.05, 0.1) is 18.6 Å². The third-order valence-electron chi connectivity index (χ3n) is 5.72. The van der Waals surface area contributed by atoms with E-state index in [1.807, 2.05) is 0 Å². The fraction of sp³-hybridized carbons (Fsp3) is 0.700. The van der Waals surface area contributed by atoms with E-state index in [4.69, 9.17) is 4.74 Å². The molecule has 27 heavy (non-hydrogen) atoms. The molecule has 0 bridgehead atoms. The minimum absolute atomic E-state index is 0.0716. The molecule has 4 nitrogen and oxygen atoms in total. The molecule has 1 heterocycles. The van der Waals surface area contributed by atoms with Crippen molar-refractivity contribution in [1.82, 2.24) is 10.6 Å². The van der Waals surface area contributed by atoms with Gasteiger partial charge in [-0.1, -0.05) is 0 Å². The van der Waals surface area contributed by atoms with Crippen LogP contribution in [-0.4, -0.2) is 47.7 Å². The van der Waals surface area contributed by atoms with Crippen LogP contribution in [0.3, 0.4) is 0 Å². The summed E-state index contributed by atoms with van der Waals surface area (Å²) in [5.41, 5.74) is 0.499. The van der Waals surface area contributed by atoms with Gasteiger partial charge in [-0.25, -0.2) is 8.78 Å². The zero-order valence-corrected chi connectivity index (χ0v) is 16.7. The summed E-state index contributed by atoms with van der Waals surface area (Å²) in [5, 5.41) is 6.88. The number of piperidine rings is 1. The molecule has 7 heteroatoms. The Kier molecular flexibility index (Phi) is 7.75. The lowest BCUT2D eigenvalue weighted by Crippen LogP contribution is -2.55. The zero-order valence-electron chi connectivity index (χ0n) is 15.9. The molecule has 1 aliphatic carbocycles.